The predicted octanol–water partition coefficient (Wildman–Crippen LogP) is 5.01. The molecule has 36 heavy (non-hydrogen) atoms. The van der Waals surface area contributed by atoms with E-state index in [0.29, 0.717) is 36.7 Å². The summed E-state index contributed by atoms with van der Waals surface area (Å²) in [6, 6.07) is 11.8. The number of carbonyl (C=O) groups excluding carboxylic acids is 1. The SMILES string of the molecule is COc1cc2c(Oc3ccc4c(c3)C=C(C)C4)ccnc2cc1OCCCC(=O)N1CC2(COC2)C1. The van der Waals surface area contributed by atoms with E-state index >= 15 is 0 Å². The summed E-state index contributed by atoms with van der Waals surface area (Å²) in [5, 5.41) is 0.843. The lowest BCUT2D eigenvalue weighted by Crippen LogP contribution is -2.67. The number of amides is 1. The van der Waals surface area contributed by atoms with Crippen molar-refractivity contribution in [3.05, 3.63) is 59.3 Å². The van der Waals surface area contributed by atoms with Gasteiger partial charge in [0, 0.05) is 37.2 Å². The molecule has 1 spiro atoms. The van der Waals surface area contributed by atoms with Gasteiger partial charge in [0.25, 0.3) is 0 Å². The summed E-state index contributed by atoms with van der Waals surface area (Å²) in [6.45, 7) is 5.78. The molecule has 2 aliphatic heterocycles. The monoisotopic (exact) mass is 486 g/mol. The van der Waals surface area contributed by atoms with E-state index in [-0.39, 0.29) is 11.3 Å². The number of hydrogen-bond acceptors (Lipinski definition) is 6. The zero-order valence-corrected chi connectivity index (χ0v) is 20.7. The van der Waals surface area contributed by atoms with Crippen LogP contribution in [0.3, 0.4) is 0 Å². The molecule has 7 heteroatoms. The standard InChI is InChI=1S/C29H30N2O5/c1-19-10-20-5-6-22(12-21(20)11-19)36-25-7-8-30-24-14-27(26(33-2)13-23(24)25)35-9-3-4-28(32)31-15-29(16-31)17-34-18-29/h5-8,11-14H,3-4,9-10,15-18H2,1-2H3. The van der Waals surface area contributed by atoms with Gasteiger partial charge in [0.1, 0.15) is 11.5 Å². The van der Waals surface area contributed by atoms with E-state index < -0.39 is 0 Å². The van der Waals surface area contributed by atoms with Crippen molar-refractivity contribution in [2.24, 2.45) is 5.41 Å². The maximum absolute atomic E-state index is 12.4. The summed E-state index contributed by atoms with van der Waals surface area (Å²) < 4.78 is 23.2. The van der Waals surface area contributed by atoms with Crippen molar-refractivity contribution in [1.29, 1.82) is 0 Å². The number of fused-ring (bicyclic) bond motifs is 2. The highest BCUT2D eigenvalue weighted by molar-refractivity contribution is 5.88. The van der Waals surface area contributed by atoms with Gasteiger partial charge in [0.2, 0.25) is 5.91 Å². The second-order valence-corrected chi connectivity index (χ2v) is 10.2. The van der Waals surface area contributed by atoms with Crippen LogP contribution >= 0.6 is 0 Å². The van der Waals surface area contributed by atoms with Crippen molar-refractivity contribution in [2.45, 2.75) is 26.2 Å². The van der Waals surface area contributed by atoms with Crippen molar-refractivity contribution in [3.63, 3.8) is 0 Å². The Hall–Kier alpha value is -3.58. The number of carbonyl (C=O) groups is 1. The highest BCUT2D eigenvalue weighted by Crippen LogP contribution is 2.39. The molecule has 186 valence electrons. The van der Waals surface area contributed by atoms with Crippen LogP contribution in [-0.2, 0) is 16.0 Å². The molecule has 0 bridgehead atoms. The summed E-state index contributed by atoms with van der Waals surface area (Å²) in [4.78, 5) is 18.8. The van der Waals surface area contributed by atoms with Gasteiger partial charge in [-0.15, -0.1) is 0 Å². The molecule has 1 amide bonds. The zero-order valence-electron chi connectivity index (χ0n) is 20.7. The molecule has 2 saturated heterocycles. The Kier molecular flexibility index (Phi) is 5.80. The molecule has 0 atom stereocenters. The summed E-state index contributed by atoms with van der Waals surface area (Å²) in [7, 11) is 1.62. The topological polar surface area (TPSA) is 70.1 Å². The quantitative estimate of drug-likeness (QED) is 0.417. The van der Waals surface area contributed by atoms with E-state index in [9.17, 15) is 4.79 Å². The van der Waals surface area contributed by atoms with Gasteiger partial charge in [-0.1, -0.05) is 17.7 Å². The molecule has 0 unspecified atom stereocenters. The van der Waals surface area contributed by atoms with Crippen molar-refractivity contribution >= 4 is 22.9 Å². The third-order valence-corrected chi connectivity index (χ3v) is 7.22. The Labute approximate surface area is 210 Å². The number of benzene rings is 2. The van der Waals surface area contributed by atoms with Crippen LogP contribution in [-0.4, -0.2) is 55.8 Å². The number of rotatable bonds is 8. The van der Waals surface area contributed by atoms with Crippen LogP contribution in [0.25, 0.3) is 17.0 Å². The Bertz CT molecular complexity index is 1350. The second-order valence-electron chi connectivity index (χ2n) is 10.2. The Balaban J connectivity index is 1.11. The lowest BCUT2D eigenvalue weighted by Gasteiger charge is -2.55. The lowest BCUT2D eigenvalue weighted by atomic mass is 9.78. The molecule has 3 aromatic rings. The van der Waals surface area contributed by atoms with Gasteiger partial charge < -0.3 is 23.8 Å². The first-order chi connectivity index (χ1) is 17.5. The van der Waals surface area contributed by atoms with Crippen LogP contribution in [0, 0.1) is 5.41 Å². The van der Waals surface area contributed by atoms with Crippen LogP contribution in [0.5, 0.6) is 23.0 Å². The number of ether oxygens (including phenoxy) is 4. The highest BCUT2D eigenvalue weighted by Gasteiger charge is 2.50. The van der Waals surface area contributed by atoms with Crippen LogP contribution in [0.4, 0.5) is 0 Å². The molecule has 2 aromatic carbocycles. The minimum absolute atomic E-state index is 0.183. The fourth-order valence-corrected chi connectivity index (χ4v) is 5.24. The molecule has 0 N–H and O–H groups in total. The number of likely N-dealkylation sites (tertiary alicyclic amines) is 1. The van der Waals surface area contributed by atoms with Crippen LogP contribution in [0.1, 0.15) is 30.9 Å². The van der Waals surface area contributed by atoms with Gasteiger partial charge >= 0.3 is 0 Å². The van der Waals surface area contributed by atoms with Gasteiger partial charge in [-0.2, -0.15) is 0 Å². The van der Waals surface area contributed by atoms with Crippen LogP contribution in [0.15, 0.2) is 48.2 Å². The molecule has 6 rings (SSSR count). The molecule has 1 aliphatic carbocycles. The molecule has 7 nitrogen and oxygen atoms in total. The molecule has 1 aromatic heterocycles. The first-order valence-corrected chi connectivity index (χ1v) is 12.4. The molecule has 0 radical (unpaired) electrons. The van der Waals surface area contributed by atoms with Crippen LogP contribution < -0.4 is 14.2 Å². The smallest absolute Gasteiger partial charge is 0.222 e. The van der Waals surface area contributed by atoms with Crippen molar-refractivity contribution in [1.82, 2.24) is 9.88 Å². The fourth-order valence-electron chi connectivity index (χ4n) is 5.24. The summed E-state index contributed by atoms with van der Waals surface area (Å²) in [5.41, 5.74) is 4.89. The average Bonchev–Trinajstić information content (AvgIpc) is 3.19. The zero-order chi connectivity index (χ0) is 24.7. The normalized spacial score (nSPS) is 17.3. The second kappa shape index (κ2) is 9.13. The molecule has 3 aliphatic rings. The molecule has 3 heterocycles. The summed E-state index contributed by atoms with van der Waals surface area (Å²) in [5.74, 6) is 2.89. The largest absolute Gasteiger partial charge is 0.493 e. The number of hydrogen-bond donors (Lipinski definition) is 0. The van der Waals surface area contributed by atoms with Gasteiger partial charge in [0.05, 0.1) is 37.9 Å². The molecule has 0 saturated carbocycles. The Morgan fingerprint density at radius 2 is 1.97 bits per heavy atom. The van der Waals surface area contributed by atoms with E-state index in [1.54, 1.807) is 13.3 Å². The molecular weight excluding hydrogens is 456 g/mol. The van der Waals surface area contributed by atoms with Crippen molar-refractivity contribution in [3.8, 4) is 23.0 Å². The lowest BCUT2D eigenvalue weighted by molar-refractivity contribution is -0.195. The molecule has 2 fully saturated rings. The number of aromatic nitrogens is 1. The van der Waals surface area contributed by atoms with E-state index in [4.69, 9.17) is 18.9 Å². The predicted molar refractivity (Wildman–Crippen MR) is 137 cm³/mol. The van der Waals surface area contributed by atoms with E-state index in [1.165, 1.54) is 16.7 Å². The van der Waals surface area contributed by atoms with Crippen LogP contribution in [0.2, 0.25) is 0 Å². The summed E-state index contributed by atoms with van der Waals surface area (Å²) in [6.07, 6.45) is 6.05. The fraction of sp³-hybridized carbons (Fsp3) is 0.379. The van der Waals surface area contributed by atoms with E-state index in [0.717, 1.165) is 49.4 Å². The summed E-state index contributed by atoms with van der Waals surface area (Å²) >= 11 is 0. The van der Waals surface area contributed by atoms with Gasteiger partial charge in [-0.3, -0.25) is 9.78 Å². The van der Waals surface area contributed by atoms with Gasteiger partial charge in [-0.25, -0.2) is 0 Å². The number of nitrogens with zero attached hydrogens (tertiary/aromatic N) is 2. The van der Waals surface area contributed by atoms with E-state index in [1.807, 2.05) is 29.2 Å². The van der Waals surface area contributed by atoms with Gasteiger partial charge in [0.15, 0.2) is 11.5 Å². The first kappa shape index (κ1) is 22.9. The third kappa shape index (κ3) is 4.28. The Morgan fingerprint density at radius 1 is 1.11 bits per heavy atom. The minimum atomic E-state index is 0.183. The number of methoxy groups -OCH3 is 1. The van der Waals surface area contributed by atoms with Gasteiger partial charge in [-0.05, 0) is 55.2 Å². The average molecular weight is 487 g/mol. The van der Waals surface area contributed by atoms with E-state index in [2.05, 4.69) is 30.1 Å². The maximum atomic E-state index is 12.4. The van der Waals surface area contributed by atoms with Crippen molar-refractivity contribution < 1.29 is 23.7 Å². The maximum Gasteiger partial charge on any atom is 0.222 e. The minimum Gasteiger partial charge on any atom is -0.493 e. The van der Waals surface area contributed by atoms with Crippen molar-refractivity contribution in [2.75, 3.05) is 40.0 Å². The third-order valence-electron chi connectivity index (χ3n) is 7.22. The number of pyridine rings is 1. The first-order valence-electron chi connectivity index (χ1n) is 12.4. The Morgan fingerprint density at radius 3 is 2.75 bits per heavy atom. The number of allylic oxidation sites excluding steroid dienone is 1. The molecular formula is C29H30N2O5. The highest BCUT2D eigenvalue weighted by atomic mass is 16.5.